The normalized spacial score (nSPS) is 16.6. The molecule has 0 spiro atoms. The van der Waals surface area contributed by atoms with Gasteiger partial charge < -0.3 is 24.3 Å². The summed E-state index contributed by atoms with van der Waals surface area (Å²) in [4.78, 5) is 12.3. The van der Waals surface area contributed by atoms with Crippen LogP contribution >= 0.6 is 0 Å². The molecule has 0 aliphatic carbocycles. The summed E-state index contributed by atoms with van der Waals surface area (Å²) < 4.78 is 22.4. The van der Waals surface area contributed by atoms with Crippen LogP contribution in [-0.2, 0) is 4.79 Å². The monoisotopic (exact) mass is 343 g/mol. The van der Waals surface area contributed by atoms with E-state index in [9.17, 15) is 4.79 Å². The lowest BCUT2D eigenvalue weighted by Crippen LogP contribution is -2.44. The van der Waals surface area contributed by atoms with Crippen molar-refractivity contribution in [2.24, 2.45) is 0 Å². The number of nitrogens with one attached hydrogen (secondary N) is 1. The van der Waals surface area contributed by atoms with E-state index in [-0.39, 0.29) is 12.0 Å². The molecule has 1 aliphatic heterocycles. The summed E-state index contributed by atoms with van der Waals surface area (Å²) in [5.41, 5.74) is 0. The summed E-state index contributed by atoms with van der Waals surface area (Å²) in [6.45, 7) is 2.42. The molecule has 25 heavy (non-hydrogen) atoms. The van der Waals surface area contributed by atoms with Crippen molar-refractivity contribution in [1.29, 1.82) is 0 Å². The van der Waals surface area contributed by atoms with E-state index in [0.717, 1.165) is 5.75 Å². The molecule has 1 N–H and O–H groups in total. The van der Waals surface area contributed by atoms with Gasteiger partial charge in [0, 0.05) is 0 Å². The first-order chi connectivity index (χ1) is 12.2. The first-order valence-corrected chi connectivity index (χ1v) is 8.13. The average Bonchev–Trinajstić information content (AvgIpc) is 2.66. The second-order valence-electron chi connectivity index (χ2n) is 5.65. The van der Waals surface area contributed by atoms with E-state index < -0.39 is 6.10 Å². The fourth-order valence-corrected chi connectivity index (χ4v) is 2.48. The predicted octanol–water partition coefficient (Wildman–Crippen LogP) is 2.42. The highest BCUT2D eigenvalue weighted by Gasteiger charge is 2.23. The van der Waals surface area contributed by atoms with Gasteiger partial charge in [-0.25, -0.2) is 0 Å². The number of ether oxygens (including phenoxy) is 4. The third-order valence-corrected chi connectivity index (χ3v) is 3.81. The maximum absolute atomic E-state index is 12.3. The van der Waals surface area contributed by atoms with Gasteiger partial charge in [0.1, 0.15) is 12.7 Å². The third kappa shape index (κ3) is 4.15. The van der Waals surface area contributed by atoms with E-state index in [1.807, 2.05) is 36.4 Å². The van der Waals surface area contributed by atoms with Gasteiger partial charge in [-0.15, -0.1) is 0 Å². The van der Waals surface area contributed by atoms with Crippen LogP contribution in [-0.4, -0.2) is 38.4 Å². The van der Waals surface area contributed by atoms with Gasteiger partial charge in [-0.2, -0.15) is 0 Å². The minimum atomic E-state index is -0.659. The highest BCUT2D eigenvalue weighted by molar-refractivity contribution is 5.80. The topological polar surface area (TPSA) is 66.0 Å². The van der Waals surface area contributed by atoms with Gasteiger partial charge in [-0.3, -0.25) is 4.79 Å². The lowest BCUT2D eigenvalue weighted by molar-refractivity contribution is -0.127. The number of para-hydroxylation sites is 4. The van der Waals surface area contributed by atoms with Gasteiger partial charge in [0.2, 0.25) is 0 Å². The van der Waals surface area contributed by atoms with Crippen LogP contribution in [0.4, 0.5) is 0 Å². The van der Waals surface area contributed by atoms with Crippen LogP contribution in [0.15, 0.2) is 48.5 Å². The van der Waals surface area contributed by atoms with Gasteiger partial charge in [0.25, 0.3) is 5.91 Å². The number of hydrogen-bond acceptors (Lipinski definition) is 5. The van der Waals surface area contributed by atoms with Crippen molar-refractivity contribution in [1.82, 2.24) is 5.32 Å². The number of methoxy groups -OCH3 is 1. The second-order valence-corrected chi connectivity index (χ2v) is 5.65. The summed E-state index contributed by atoms with van der Waals surface area (Å²) >= 11 is 0. The Balaban J connectivity index is 1.51. The fraction of sp³-hybridized carbons (Fsp3) is 0.316. The SMILES string of the molecule is COc1ccccc1OC(C)C(=O)NCC1COc2ccccc2O1. The van der Waals surface area contributed by atoms with Crippen LogP contribution in [0.5, 0.6) is 23.0 Å². The Morgan fingerprint density at radius 2 is 1.84 bits per heavy atom. The predicted molar refractivity (Wildman–Crippen MR) is 92.4 cm³/mol. The van der Waals surface area contributed by atoms with Crippen molar-refractivity contribution in [3.05, 3.63) is 48.5 Å². The molecule has 132 valence electrons. The molecule has 2 aromatic carbocycles. The van der Waals surface area contributed by atoms with Crippen molar-refractivity contribution in [2.45, 2.75) is 19.1 Å². The molecular weight excluding hydrogens is 322 g/mol. The van der Waals surface area contributed by atoms with E-state index in [1.165, 1.54) is 0 Å². The van der Waals surface area contributed by atoms with Crippen molar-refractivity contribution < 1.29 is 23.7 Å². The Morgan fingerprint density at radius 3 is 2.60 bits per heavy atom. The maximum Gasteiger partial charge on any atom is 0.260 e. The maximum atomic E-state index is 12.3. The molecule has 1 amide bonds. The third-order valence-electron chi connectivity index (χ3n) is 3.81. The lowest BCUT2D eigenvalue weighted by Gasteiger charge is -2.27. The second kappa shape index (κ2) is 7.79. The molecule has 0 bridgehead atoms. The first-order valence-electron chi connectivity index (χ1n) is 8.13. The molecule has 2 aromatic rings. The smallest absolute Gasteiger partial charge is 0.260 e. The minimum Gasteiger partial charge on any atom is -0.493 e. The molecule has 1 heterocycles. The van der Waals surface area contributed by atoms with Crippen molar-refractivity contribution in [3.8, 4) is 23.0 Å². The number of benzene rings is 2. The molecule has 3 rings (SSSR count). The van der Waals surface area contributed by atoms with Gasteiger partial charge in [-0.1, -0.05) is 24.3 Å². The molecule has 6 heteroatoms. The highest BCUT2D eigenvalue weighted by Crippen LogP contribution is 2.30. The van der Waals surface area contributed by atoms with Crippen molar-refractivity contribution in [2.75, 3.05) is 20.3 Å². The number of carbonyl (C=O) groups excluding carboxylic acids is 1. The molecule has 0 radical (unpaired) electrons. The van der Waals surface area contributed by atoms with Gasteiger partial charge in [0.15, 0.2) is 29.1 Å². The first kappa shape index (κ1) is 17.0. The number of fused-ring (bicyclic) bond motifs is 1. The molecule has 6 nitrogen and oxygen atoms in total. The summed E-state index contributed by atoms with van der Waals surface area (Å²) in [6.07, 6.45) is -0.898. The lowest BCUT2D eigenvalue weighted by atomic mass is 10.2. The van der Waals surface area contributed by atoms with Crippen LogP contribution < -0.4 is 24.3 Å². The van der Waals surface area contributed by atoms with E-state index in [1.54, 1.807) is 26.2 Å². The summed E-state index contributed by atoms with van der Waals surface area (Å²) in [7, 11) is 1.56. The van der Waals surface area contributed by atoms with Gasteiger partial charge >= 0.3 is 0 Å². The number of rotatable bonds is 6. The van der Waals surface area contributed by atoms with E-state index >= 15 is 0 Å². The molecule has 2 unspecified atom stereocenters. The van der Waals surface area contributed by atoms with Crippen LogP contribution in [0, 0.1) is 0 Å². The zero-order valence-electron chi connectivity index (χ0n) is 14.2. The van der Waals surface area contributed by atoms with E-state index in [0.29, 0.717) is 30.4 Å². The summed E-state index contributed by atoms with van der Waals surface area (Å²) in [5, 5.41) is 2.83. The Hall–Kier alpha value is -2.89. The molecule has 0 saturated carbocycles. The van der Waals surface area contributed by atoms with Crippen molar-refractivity contribution in [3.63, 3.8) is 0 Å². The summed E-state index contributed by atoms with van der Waals surface area (Å²) in [6, 6.07) is 14.7. The molecule has 0 aromatic heterocycles. The quantitative estimate of drug-likeness (QED) is 0.873. The van der Waals surface area contributed by atoms with Gasteiger partial charge in [0.05, 0.1) is 13.7 Å². The fourth-order valence-electron chi connectivity index (χ4n) is 2.48. The van der Waals surface area contributed by atoms with Gasteiger partial charge in [-0.05, 0) is 31.2 Å². The number of amides is 1. The minimum absolute atomic E-state index is 0.228. The van der Waals surface area contributed by atoms with Crippen LogP contribution in [0.3, 0.4) is 0 Å². The Morgan fingerprint density at radius 1 is 1.16 bits per heavy atom. The molecule has 0 fully saturated rings. The van der Waals surface area contributed by atoms with E-state index in [4.69, 9.17) is 18.9 Å². The van der Waals surface area contributed by atoms with Crippen LogP contribution in [0.25, 0.3) is 0 Å². The Kier molecular flexibility index (Phi) is 5.28. The Labute approximate surface area is 146 Å². The standard InChI is InChI=1S/C19H21NO5/c1-13(24-17-9-5-3-7-15(17)22-2)19(21)20-11-14-12-23-16-8-4-6-10-18(16)25-14/h3-10,13-14H,11-12H2,1-2H3,(H,20,21). The molecular formula is C19H21NO5. The highest BCUT2D eigenvalue weighted by atomic mass is 16.6. The number of carbonyl (C=O) groups is 1. The number of hydrogen-bond donors (Lipinski definition) is 1. The van der Waals surface area contributed by atoms with Crippen LogP contribution in [0.1, 0.15) is 6.92 Å². The zero-order chi connectivity index (χ0) is 17.6. The Bertz CT molecular complexity index is 733. The molecule has 1 aliphatic rings. The zero-order valence-corrected chi connectivity index (χ0v) is 14.2. The van der Waals surface area contributed by atoms with Crippen molar-refractivity contribution >= 4 is 5.91 Å². The van der Waals surface area contributed by atoms with Crippen LogP contribution in [0.2, 0.25) is 0 Å². The molecule has 0 saturated heterocycles. The summed E-state index contributed by atoms with van der Waals surface area (Å²) in [5.74, 6) is 2.29. The van der Waals surface area contributed by atoms with E-state index in [2.05, 4.69) is 5.32 Å². The molecule has 2 atom stereocenters. The largest absolute Gasteiger partial charge is 0.493 e. The average molecular weight is 343 g/mol.